The lowest BCUT2D eigenvalue weighted by molar-refractivity contribution is -0.180. The summed E-state index contributed by atoms with van der Waals surface area (Å²) < 4.78 is 28.1. The maximum absolute atomic E-state index is 15.5. The highest BCUT2D eigenvalue weighted by atomic mass is 32.1. The van der Waals surface area contributed by atoms with Crippen molar-refractivity contribution in [2.24, 2.45) is 23.2 Å². The number of nitrogens with zero attached hydrogens (tertiary/aromatic N) is 8. The molecule has 8 fully saturated rings. The summed E-state index contributed by atoms with van der Waals surface area (Å²) in [6.45, 7) is 20.6. The first-order chi connectivity index (χ1) is 39.1. The number of hydrogen-bond acceptors (Lipinski definition) is 15. The van der Waals surface area contributed by atoms with Crippen LogP contribution in [0.25, 0.3) is 33.4 Å². The number of fused-ring (bicyclic) bond motifs is 4. The standard InChI is InChI=1S/C63H82N10O7S/c1-38-51(48-12-8-9-18-64-48)52(38)57(74)67-54-56(71-19-10-11-20-71)58-66-49(36-81-58)41-13-16-50-45(28-41)47(33-61(3,4)37-79-60(76)63-30-40(31-63)35-73(68-63)59(54)75)55(72(50)25-27-78-44-17-26-80-62(5,6)32-44)46-29-43(34-65-53(46)39(2)77-7)70-23-21-69(22-24-70)42-14-15-42/h8-9,12-13,16,18,28-29,34,36,38-40,42,44,51-52,54,56,68H,10-11,14-15,17,19-27,30-33,35,37H2,1-7H3,(H,67,74)/t38-,39-,40?,44-,51-,52+,54-,56-,63?/m0/s1. The fourth-order valence-corrected chi connectivity index (χ4v) is 15.6. The van der Waals surface area contributed by atoms with Crippen molar-refractivity contribution in [2.45, 2.75) is 153 Å². The van der Waals surface area contributed by atoms with Crippen LogP contribution in [0.2, 0.25) is 0 Å². The predicted molar refractivity (Wildman–Crippen MR) is 311 cm³/mol. The molecule has 5 aromatic rings. The van der Waals surface area contributed by atoms with E-state index in [1.54, 1.807) is 29.7 Å². The van der Waals surface area contributed by atoms with E-state index < -0.39 is 23.0 Å². The zero-order chi connectivity index (χ0) is 56.0. The molecule has 9 aliphatic rings. The van der Waals surface area contributed by atoms with Gasteiger partial charge in [-0.2, -0.15) is 0 Å². The molecule has 10 heterocycles. The first kappa shape index (κ1) is 54.9. The fraction of sp³-hybridized carbons (Fsp3) is 0.619. The number of aromatic nitrogens is 4. The van der Waals surface area contributed by atoms with E-state index in [0.29, 0.717) is 45.6 Å². The number of likely N-dealkylation sites (tertiary alicyclic amines) is 1. The zero-order valence-corrected chi connectivity index (χ0v) is 49.3. The van der Waals surface area contributed by atoms with Gasteiger partial charge in [0.25, 0.3) is 5.91 Å². The van der Waals surface area contributed by atoms with Crippen LogP contribution in [0.4, 0.5) is 5.69 Å². The number of hydrogen-bond donors (Lipinski definition) is 2. The topological polar surface area (TPSA) is 169 Å². The average Bonchev–Trinajstić information content (AvgIpc) is 4.44. The summed E-state index contributed by atoms with van der Waals surface area (Å²) in [5.74, 6) is -1.03. The van der Waals surface area contributed by atoms with Crippen molar-refractivity contribution in [1.29, 1.82) is 0 Å². The van der Waals surface area contributed by atoms with Crippen LogP contribution in [0.3, 0.4) is 0 Å². The van der Waals surface area contributed by atoms with Gasteiger partial charge < -0.3 is 33.7 Å². The van der Waals surface area contributed by atoms with E-state index in [4.69, 9.17) is 28.9 Å². The molecule has 1 aromatic carbocycles. The van der Waals surface area contributed by atoms with Gasteiger partial charge in [0.1, 0.15) is 16.6 Å². The van der Waals surface area contributed by atoms with Gasteiger partial charge >= 0.3 is 5.97 Å². The van der Waals surface area contributed by atoms with Crippen LogP contribution >= 0.6 is 11.3 Å². The minimum Gasteiger partial charge on any atom is -0.464 e. The van der Waals surface area contributed by atoms with Gasteiger partial charge in [-0.25, -0.2) is 15.2 Å². The highest BCUT2D eigenvalue weighted by molar-refractivity contribution is 7.10. The Hall–Kier alpha value is -5.34. The van der Waals surface area contributed by atoms with Crippen LogP contribution in [0.15, 0.2) is 60.2 Å². The lowest BCUT2D eigenvalue weighted by Crippen LogP contribution is -2.75. The van der Waals surface area contributed by atoms with Gasteiger partial charge in [-0.3, -0.25) is 34.4 Å². The summed E-state index contributed by atoms with van der Waals surface area (Å²) in [6.07, 6.45) is 11.5. The van der Waals surface area contributed by atoms with Crippen LogP contribution in [0.1, 0.15) is 133 Å². The van der Waals surface area contributed by atoms with Crippen molar-refractivity contribution in [1.82, 2.24) is 45.1 Å². The average molecular weight is 1120 g/mol. The Morgan fingerprint density at radius 3 is 2.51 bits per heavy atom. The number of carbonyl (C=O) groups is 3. The molecule has 3 aliphatic carbocycles. The molecule has 17 nitrogen and oxygen atoms in total. The molecule has 2 N–H and O–H groups in total. The second-order valence-electron chi connectivity index (χ2n) is 26.3. The zero-order valence-electron chi connectivity index (χ0n) is 48.5. The van der Waals surface area contributed by atoms with Crippen LogP contribution in [0, 0.1) is 23.2 Å². The largest absolute Gasteiger partial charge is 0.464 e. The highest BCUT2D eigenvalue weighted by Gasteiger charge is 2.59. The van der Waals surface area contributed by atoms with E-state index in [9.17, 15) is 9.59 Å². The van der Waals surface area contributed by atoms with Crippen molar-refractivity contribution in [3.05, 3.63) is 82.2 Å². The lowest BCUT2D eigenvalue weighted by Gasteiger charge is -2.55. The van der Waals surface area contributed by atoms with Crippen molar-refractivity contribution in [3.63, 3.8) is 0 Å². The molecule has 3 saturated carbocycles. The molecule has 81 heavy (non-hydrogen) atoms. The van der Waals surface area contributed by atoms with Crippen LogP contribution in [-0.2, 0) is 46.3 Å². The highest BCUT2D eigenvalue weighted by Crippen LogP contribution is 2.54. The molecule has 4 aromatic heterocycles. The van der Waals surface area contributed by atoms with Gasteiger partial charge in [-0.1, -0.05) is 32.9 Å². The Balaban J connectivity index is 0.945. The van der Waals surface area contributed by atoms with Gasteiger partial charge in [-0.15, -0.1) is 11.3 Å². The minimum atomic E-state index is -1.07. The van der Waals surface area contributed by atoms with Gasteiger partial charge in [0.15, 0.2) is 0 Å². The molecule has 2 amide bonds. The molecular formula is C63H82N10O7S. The second-order valence-corrected chi connectivity index (χ2v) is 27.2. The van der Waals surface area contributed by atoms with Crippen LogP contribution < -0.4 is 15.6 Å². The Morgan fingerprint density at radius 2 is 1.77 bits per heavy atom. The Labute approximate surface area is 480 Å². The maximum atomic E-state index is 15.5. The number of hydrazine groups is 1. The number of rotatable bonds is 13. The monoisotopic (exact) mass is 1120 g/mol. The van der Waals surface area contributed by atoms with E-state index in [1.807, 2.05) is 24.4 Å². The van der Waals surface area contributed by atoms with Crippen LogP contribution in [0.5, 0.6) is 0 Å². The fourth-order valence-electron chi connectivity index (χ4n) is 14.6. The third-order valence-corrected chi connectivity index (χ3v) is 20.2. The first-order valence-corrected chi connectivity index (χ1v) is 31.0. The van der Waals surface area contributed by atoms with Gasteiger partial charge in [0.05, 0.1) is 66.0 Å². The first-order valence-electron chi connectivity index (χ1n) is 30.2. The smallest absolute Gasteiger partial charge is 0.328 e. The number of nitrogens with one attached hydrogen (secondary N) is 2. The van der Waals surface area contributed by atoms with E-state index in [1.165, 1.54) is 12.8 Å². The number of cyclic esters (lactones) is 1. The Kier molecular flexibility index (Phi) is 14.7. The SMILES string of the molecule is CO[C@@H](C)c1ncc(N2CCN(C3CC3)CC2)cc1-c1c2c3cc(ccc3n1CCO[C@H]1CCOC(C)(C)C1)-c1csc(n1)[C@@H](N1CCCC1)[C@H](NC(=O)[C@@H]1[C@@H](C)[C@H]1c1ccccn1)C(=O)N1CC3CC(C3)(N1)C(=O)OCC(C)(C)C2. The number of carbonyl (C=O) groups excluding carboxylic acids is 3. The van der Waals surface area contributed by atoms with E-state index in [-0.39, 0.29) is 65.9 Å². The summed E-state index contributed by atoms with van der Waals surface area (Å²) in [5.41, 5.74) is 10.4. The number of amides is 2. The number of thiazole rings is 1. The molecule has 6 aliphatic heterocycles. The van der Waals surface area contributed by atoms with E-state index >= 15 is 4.79 Å². The predicted octanol–water partition coefficient (Wildman–Crippen LogP) is 8.48. The number of methoxy groups -OCH3 is 1. The number of pyridine rings is 2. The van der Waals surface area contributed by atoms with E-state index in [0.717, 1.165) is 132 Å². The Morgan fingerprint density at radius 1 is 0.963 bits per heavy atom. The maximum Gasteiger partial charge on any atom is 0.328 e. The van der Waals surface area contributed by atoms with E-state index in [2.05, 4.69) is 106 Å². The number of piperazine rings is 1. The molecule has 18 heteroatoms. The van der Waals surface area contributed by atoms with Crippen molar-refractivity contribution in [3.8, 4) is 22.5 Å². The second kappa shape index (κ2) is 21.7. The van der Waals surface area contributed by atoms with Gasteiger partial charge in [0.2, 0.25) is 5.91 Å². The van der Waals surface area contributed by atoms with Gasteiger partial charge in [0, 0.05) is 122 Å². The summed E-state index contributed by atoms with van der Waals surface area (Å²) in [7, 11) is 1.75. The minimum absolute atomic E-state index is 0.0506. The lowest BCUT2D eigenvalue weighted by atomic mass is 9.66. The van der Waals surface area contributed by atoms with Crippen molar-refractivity contribution < 1.29 is 33.3 Å². The molecule has 1 spiro atoms. The normalized spacial score (nSPS) is 29.9. The molecule has 14 rings (SSSR count). The molecule has 0 radical (unpaired) electrons. The number of benzene rings is 1. The molecule has 5 saturated heterocycles. The van der Waals surface area contributed by atoms with Crippen LogP contribution in [-0.4, -0.2) is 154 Å². The third-order valence-electron chi connectivity index (χ3n) is 19.3. The summed E-state index contributed by atoms with van der Waals surface area (Å²) in [6, 6.07) is 14.1. The van der Waals surface area contributed by atoms with Crippen molar-refractivity contribution in [2.75, 3.05) is 77.6 Å². The number of esters is 1. The summed E-state index contributed by atoms with van der Waals surface area (Å²) in [4.78, 5) is 68.1. The number of anilines is 1. The van der Waals surface area contributed by atoms with Gasteiger partial charge in [-0.05, 0) is 133 Å². The summed E-state index contributed by atoms with van der Waals surface area (Å²) >= 11 is 1.54. The molecule has 0 unspecified atom stereocenters. The Bertz CT molecular complexity index is 3160. The molecular weight excluding hydrogens is 1040 g/mol. The molecule has 7 bridgehead atoms. The number of ether oxygens (including phenoxy) is 4. The molecule has 7 atom stereocenters. The van der Waals surface area contributed by atoms with Crippen molar-refractivity contribution >= 4 is 45.7 Å². The summed E-state index contributed by atoms with van der Waals surface area (Å²) in [5, 5.41) is 8.95. The molecule has 432 valence electrons. The quantitative estimate of drug-likeness (QED) is 0.108. The third kappa shape index (κ3) is 10.7.